The van der Waals surface area contributed by atoms with Crippen LogP contribution in [0.3, 0.4) is 0 Å². The lowest BCUT2D eigenvalue weighted by atomic mass is 10.2. The van der Waals surface area contributed by atoms with Crippen molar-refractivity contribution in [1.82, 2.24) is 9.97 Å². The van der Waals surface area contributed by atoms with Gasteiger partial charge >= 0.3 is 5.97 Å². The molecule has 1 amide bonds. The van der Waals surface area contributed by atoms with Crippen LogP contribution in [0.5, 0.6) is 0 Å². The third kappa shape index (κ3) is 3.02. The van der Waals surface area contributed by atoms with Gasteiger partial charge in [-0.05, 0) is 19.1 Å². The molecule has 0 saturated carbocycles. The van der Waals surface area contributed by atoms with E-state index in [2.05, 4.69) is 20.0 Å². The summed E-state index contributed by atoms with van der Waals surface area (Å²) in [5.74, 6) is -0.176. The minimum atomic E-state index is -0.449. The quantitative estimate of drug-likeness (QED) is 0.716. The van der Waals surface area contributed by atoms with Crippen molar-refractivity contribution in [2.45, 2.75) is 6.92 Å². The minimum absolute atomic E-state index is 0.276. The number of carbonyl (C=O) groups is 2. The lowest BCUT2D eigenvalue weighted by molar-refractivity contribution is 0.0594. The summed E-state index contributed by atoms with van der Waals surface area (Å²) in [4.78, 5) is 30.7. The van der Waals surface area contributed by atoms with Crippen molar-refractivity contribution >= 4 is 28.3 Å². The van der Waals surface area contributed by atoms with Crippen molar-refractivity contribution in [3.05, 3.63) is 47.0 Å². The summed E-state index contributed by atoms with van der Waals surface area (Å²) in [6.07, 6.45) is 3.12. The Labute approximate surface area is 135 Å². The van der Waals surface area contributed by atoms with E-state index in [4.69, 9.17) is 4.42 Å². The number of nitrogens with zero attached hydrogens (tertiary/aromatic N) is 1. The number of aromatic nitrogens is 2. The normalized spacial score (nSPS) is 10.5. The fourth-order valence-corrected chi connectivity index (χ4v) is 2.73. The van der Waals surface area contributed by atoms with E-state index in [1.54, 1.807) is 30.6 Å². The maximum absolute atomic E-state index is 12.1. The Morgan fingerprint density at radius 2 is 2.26 bits per heavy atom. The molecule has 3 aromatic heterocycles. The van der Waals surface area contributed by atoms with E-state index in [1.807, 2.05) is 0 Å². The van der Waals surface area contributed by atoms with Crippen LogP contribution in [-0.4, -0.2) is 29.0 Å². The van der Waals surface area contributed by atoms with E-state index >= 15 is 0 Å². The van der Waals surface area contributed by atoms with Crippen LogP contribution >= 0.6 is 11.3 Å². The Balaban J connectivity index is 1.76. The van der Waals surface area contributed by atoms with E-state index in [-0.39, 0.29) is 5.91 Å². The van der Waals surface area contributed by atoms with Crippen LogP contribution in [0.25, 0.3) is 11.3 Å². The highest BCUT2D eigenvalue weighted by atomic mass is 32.1. The molecule has 3 heterocycles. The molecule has 8 heteroatoms. The first kappa shape index (κ1) is 15.0. The van der Waals surface area contributed by atoms with Crippen molar-refractivity contribution in [2.75, 3.05) is 12.4 Å². The summed E-state index contributed by atoms with van der Waals surface area (Å²) in [6, 6.07) is 3.25. The summed E-state index contributed by atoms with van der Waals surface area (Å²) in [5.41, 5.74) is 2.20. The number of rotatable bonds is 4. The van der Waals surface area contributed by atoms with Crippen molar-refractivity contribution < 1.29 is 18.7 Å². The monoisotopic (exact) mass is 331 g/mol. The van der Waals surface area contributed by atoms with E-state index < -0.39 is 5.97 Å². The number of aryl methyl sites for hydroxylation is 1. The number of esters is 1. The molecule has 118 valence electrons. The van der Waals surface area contributed by atoms with Gasteiger partial charge in [0, 0.05) is 17.1 Å². The lowest BCUT2D eigenvalue weighted by Crippen LogP contribution is -2.11. The third-order valence-electron chi connectivity index (χ3n) is 3.21. The van der Waals surface area contributed by atoms with Gasteiger partial charge in [0.25, 0.3) is 5.91 Å². The van der Waals surface area contributed by atoms with Crippen molar-refractivity contribution in [2.24, 2.45) is 0 Å². The van der Waals surface area contributed by atoms with Gasteiger partial charge in [-0.25, -0.2) is 9.78 Å². The highest BCUT2D eigenvalue weighted by Crippen LogP contribution is 2.26. The molecule has 0 fully saturated rings. The van der Waals surface area contributed by atoms with Crippen LogP contribution in [0.15, 0.2) is 34.4 Å². The topological polar surface area (TPSA) is 97.2 Å². The van der Waals surface area contributed by atoms with Crippen LogP contribution < -0.4 is 5.32 Å². The molecule has 0 saturated heterocycles. The van der Waals surface area contributed by atoms with Gasteiger partial charge in [-0.15, -0.1) is 11.3 Å². The van der Waals surface area contributed by atoms with Gasteiger partial charge in [0.2, 0.25) is 0 Å². The standard InChI is InChI=1S/C15H13N3O4S/c1-8-10(3-4-22-8)13(19)18-15-17-12(7-23-15)9-5-11(16-6-9)14(20)21-2/h3-7,16H,1-2H3,(H,17,18,19). The fourth-order valence-electron chi connectivity index (χ4n) is 2.02. The Kier molecular flexibility index (Phi) is 3.98. The number of ether oxygens (including phenoxy) is 1. The zero-order valence-electron chi connectivity index (χ0n) is 12.4. The van der Waals surface area contributed by atoms with Crippen LogP contribution in [0, 0.1) is 6.92 Å². The summed E-state index contributed by atoms with van der Waals surface area (Å²) < 4.78 is 9.75. The summed E-state index contributed by atoms with van der Waals surface area (Å²) in [7, 11) is 1.32. The number of hydrogen-bond donors (Lipinski definition) is 2. The van der Waals surface area contributed by atoms with Crippen LogP contribution in [0.2, 0.25) is 0 Å². The van der Waals surface area contributed by atoms with Gasteiger partial charge in [-0.1, -0.05) is 0 Å². The smallest absolute Gasteiger partial charge is 0.354 e. The second-order valence-electron chi connectivity index (χ2n) is 4.68. The molecule has 0 spiro atoms. The number of amides is 1. The molecule has 3 rings (SSSR count). The fraction of sp³-hybridized carbons (Fsp3) is 0.133. The van der Waals surface area contributed by atoms with Crippen molar-refractivity contribution in [1.29, 1.82) is 0 Å². The molecule has 2 N–H and O–H groups in total. The second-order valence-corrected chi connectivity index (χ2v) is 5.53. The third-order valence-corrected chi connectivity index (χ3v) is 3.97. The van der Waals surface area contributed by atoms with Gasteiger partial charge in [0.1, 0.15) is 11.5 Å². The maximum atomic E-state index is 12.1. The zero-order chi connectivity index (χ0) is 16.4. The largest absolute Gasteiger partial charge is 0.469 e. The maximum Gasteiger partial charge on any atom is 0.354 e. The lowest BCUT2D eigenvalue weighted by Gasteiger charge is -1.99. The number of carbonyl (C=O) groups excluding carboxylic acids is 2. The van der Waals surface area contributed by atoms with E-state index in [9.17, 15) is 9.59 Å². The molecule has 0 radical (unpaired) electrons. The van der Waals surface area contributed by atoms with Crippen LogP contribution in [-0.2, 0) is 4.74 Å². The Morgan fingerprint density at radius 3 is 2.96 bits per heavy atom. The summed E-state index contributed by atoms with van der Waals surface area (Å²) >= 11 is 1.30. The molecule has 0 aliphatic rings. The molecule has 0 bridgehead atoms. The first-order chi connectivity index (χ1) is 11.1. The summed E-state index contributed by atoms with van der Waals surface area (Å²) in [6.45, 7) is 1.72. The molecular formula is C15H13N3O4S. The van der Waals surface area contributed by atoms with Gasteiger partial charge < -0.3 is 14.1 Å². The molecule has 0 aromatic carbocycles. The molecule has 0 unspecified atom stereocenters. The zero-order valence-corrected chi connectivity index (χ0v) is 13.2. The van der Waals surface area contributed by atoms with Gasteiger partial charge in [0.15, 0.2) is 5.13 Å². The Bertz CT molecular complexity index is 862. The van der Waals surface area contributed by atoms with Crippen molar-refractivity contribution in [3.8, 4) is 11.3 Å². The molecule has 7 nitrogen and oxygen atoms in total. The summed E-state index contributed by atoms with van der Waals surface area (Å²) in [5, 5.41) is 4.98. The molecule has 0 aliphatic heterocycles. The predicted molar refractivity (Wildman–Crippen MR) is 84.6 cm³/mol. The Morgan fingerprint density at radius 1 is 1.43 bits per heavy atom. The number of methoxy groups -OCH3 is 1. The van der Waals surface area contributed by atoms with E-state index in [0.717, 1.165) is 5.56 Å². The molecule has 23 heavy (non-hydrogen) atoms. The van der Waals surface area contributed by atoms with E-state index in [0.29, 0.717) is 27.8 Å². The highest BCUT2D eigenvalue weighted by Gasteiger charge is 2.15. The van der Waals surface area contributed by atoms with Gasteiger partial charge in [-0.2, -0.15) is 0 Å². The number of aromatic amines is 1. The Hall–Kier alpha value is -2.87. The van der Waals surface area contributed by atoms with Crippen LogP contribution in [0.1, 0.15) is 26.6 Å². The minimum Gasteiger partial charge on any atom is -0.469 e. The van der Waals surface area contributed by atoms with Crippen LogP contribution in [0.4, 0.5) is 5.13 Å². The average Bonchev–Trinajstić information content (AvgIpc) is 3.25. The number of anilines is 1. The molecule has 0 atom stereocenters. The predicted octanol–water partition coefficient (Wildman–Crippen LogP) is 3.08. The number of thiazole rings is 1. The highest BCUT2D eigenvalue weighted by molar-refractivity contribution is 7.14. The van der Waals surface area contributed by atoms with Gasteiger partial charge in [0.05, 0.1) is 24.6 Å². The average molecular weight is 331 g/mol. The van der Waals surface area contributed by atoms with Crippen molar-refractivity contribution in [3.63, 3.8) is 0 Å². The molecule has 0 aliphatic carbocycles. The number of furan rings is 1. The number of hydrogen-bond acceptors (Lipinski definition) is 6. The number of nitrogens with one attached hydrogen (secondary N) is 2. The molecule has 3 aromatic rings. The first-order valence-corrected chi connectivity index (χ1v) is 7.54. The van der Waals surface area contributed by atoms with Gasteiger partial charge in [-0.3, -0.25) is 10.1 Å². The SMILES string of the molecule is COC(=O)c1cc(-c2csc(NC(=O)c3ccoc3C)n2)c[nH]1. The number of H-pyrrole nitrogens is 1. The second kappa shape index (κ2) is 6.09. The molecular weight excluding hydrogens is 318 g/mol. The van der Waals surface area contributed by atoms with E-state index in [1.165, 1.54) is 24.7 Å². The first-order valence-electron chi connectivity index (χ1n) is 6.66.